The maximum absolute atomic E-state index is 12.0. The standard InChI is InChI=1S/C16H25N3O/c1-13(12-17)8-9-16(20)18-14-6-2-3-7-15(14)19-10-4-5-11-19/h2-3,6-7,13H,4-5,8-12,17H2,1H3,(H,18,20). The molecule has 1 unspecified atom stereocenters. The largest absolute Gasteiger partial charge is 0.370 e. The lowest BCUT2D eigenvalue weighted by atomic mass is 10.1. The Bertz CT molecular complexity index is 441. The molecule has 1 aliphatic rings. The Morgan fingerprint density at radius 3 is 2.75 bits per heavy atom. The Morgan fingerprint density at radius 2 is 2.05 bits per heavy atom. The van der Waals surface area contributed by atoms with E-state index in [4.69, 9.17) is 5.73 Å². The average Bonchev–Trinajstić information content (AvgIpc) is 2.99. The molecule has 1 fully saturated rings. The van der Waals surface area contributed by atoms with Crippen molar-refractivity contribution in [2.75, 3.05) is 29.9 Å². The minimum Gasteiger partial charge on any atom is -0.370 e. The zero-order valence-electron chi connectivity index (χ0n) is 12.3. The number of rotatable bonds is 6. The Kier molecular flexibility index (Phi) is 5.41. The van der Waals surface area contributed by atoms with E-state index >= 15 is 0 Å². The molecule has 1 aromatic rings. The van der Waals surface area contributed by atoms with Crippen molar-refractivity contribution >= 4 is 17.3 Å². The average molecular weight is 275 g/mol. The van der Waals surface area contributed by atoms with E-state index in [-0.39, 0.29) is 5.91 Å². The van der Waals surface area contributed by atoms with Crippen molar-refractivity contribution in [3.05, 3.63) is 24.3 Å². The summed E-state index contributed by atoms with van der Waals surface area (Å²) in [6.07, 6.45) is 3.84. The van der Waals surface area contributed by atoms with Crippen molar-refractivity contribution in [2.24, 2.45) is 11.7 Å². The summed E-state index contributed by atoms with van der Waals surface area (Å²) in [4.78, 5) is 14.4. The number of hydrogen-bond acceptors (Lipinski definition) is 3. The Morgan fingerprint density at radius 1 is 1.35 bits per heavy atom. The summed E-state index contributed by atoms with van der Waals surface area (Å²) in [7, 11) is 0. The third-order valence-electron chi connectivity index (χ3n) is 3.89. The van der Waals surface area contributed by atoms with Gasteiger partial charge in [0, 0.05) is 19.5 Å². The predicted molar refractivity (Wildman–Crippen MR) is 84.0 cm³/mol. The van der Waals surface area contributed by atoms with Crippen LogP contribution < -0.4 is 16.0 Å². The second kappa shape index (κ2) is 7.29. The molecular formula is C16H25N3O. The quantitative estimate of drug-likeness (QED) is 0.839. The van der Waals surface area contributed by atoms with Crippen LogP contribution in [-0.2, 0) is 4.79 Å². The van der Waals surface area contributed by atoms with Gasteiger partial charge in [0.25, 0.3) is 0 Å². The summed E-state index contributed by atoms with van der Waals surface area (Å²) in [5.41, 5.74) is 7.65. The van der Waals surface area contributed by atoms with Crippen LogP contribution >= 0.6 is 0 Å². The first-order valence-electron chi connectivity index (χ1n) is 7.54. The fourth-order valence-corrected chi connectivity index (χ4v) is 2.52. The molecule has 4 heteroatoms. The number of carbonyl (C=O) groups is 1. The van der Waals surface area contributed by atoms with Gasteiger partial charge in [-0.1, -0.05) is 19.1 Å². The number of nitrogens with zero attached hydrogens (tertiary/aromatic N) is 1. The molecule has 1 saturated heterocycles. The first-order valence-corrected chi connectivity index (χ1v) is 7.54. The molecule has 3 N–H and O–H groups in total. The van der Waals surface area contributed by atoms with E-state index < -0.39 is 0 Å². The lowest BCUT2D eigenvalue weighted by molar-refractivity contribution is -0.116. The SMILES string of the molecule is CC(CN)CCC(=O)Nc1ccccc1N1CCCC1. The smallest absolute Gasteiger partial charge is 0.224 e. The number of nitrogens with two attached hydrogens (primary N) is 1. The first kappa shape index (κ1) is 14.9. The summed E-state index contributed by atoms with van der Waals surface area (Å²) in [5.74, 6) is 0.478. The van der Waals surface area contributed by atoms with Crippen LogP contribution in [0.3, 0.4) is 0 Å². The third kappa shape index (κ3) is 3.97. The third-order valence-corrected chi connectivity index (χ3v) is 3.89. The van der Waals surface area contributed by atoms with Gasteiger partial charge in [-0.2, -0.15) is 0 Å². The van der Waals surface area contributed by atoms with Crippen molar-refractivity contribution < 1.29 is 4.79 Å². The van der Waals surface area contributed by atoms with Crippen LogP contribution in [0.2, 0.25) is 0 Å². The van der Waals surface area contributed by atoms with Gasteiger partial charge in [0.1, 0.15) is 0 Å². The van der Waals surface area contributed by atoms with Gasteiger partial charge in [-0.05, 0) is 43.9 Å². The lowest BCUT2D eigenvalue weighted by Gasteiger charge is -2.21. The summed E-state index contributed by atoms with van der Waals surface area (Å²) in [5, 5.41) is 3.05. The number of benzene rings is 1. The predicted octanol–water partition coefficient (Wildman–Crippen LogP) is 2.60. The topological polar surface area (TPSA) is 58.4 Å². The fourth-order valence-electron chi connectivity index (χ4n) is 2.52. The molecule has 1 atom stereocenters. The van der Waals surface area contributed by atoms with Crippen molar-refractivity contribution in [1.29, 1.82) is 0 Å². The van der Waals surface area contributed by atoms with E-state index in [1.54, 1.807) is 0 Å². The van der Waals surface area contributed by atoms with E-state index in [0.717, 1.165) is 30.9 Å². The molecular weight excluding hydrogens is 250 g/mol. The van der Waals surface area contributed by atoms with E-state index in [1.807, 2.05) is 18.2 Å². The zero-order valence-corrected chi connectivity index (χ0v) is 12.3. The van der Waals surface area contributed by atoms with Gasteiger partial charge in [-0.25, -0.2) is 0 Å². The minimum atomic E-state index is 0.0805. The van der Waals surface area contributed by atoms with Gasteiger partial charge >= 0.3 is 0 Å². The van der Waals surface area contributed by atoms with Gasteiger partial charge in [-0.3, -0.25) is 4.79 Å². The molecule has 0 aromatic heterocycles. The summed E-state index contributed by atoms with van der Waals surface area (Å²) < 4.78 is 0. The molecule has 1 aromatic carbocycles. The van der Waals surface area contributed by atoms with E-state index in [9.17, 15) is 4.79 Å². The number of nitrogens with one attached hydrogen (secondary N) is 1. The summed E-state index contributed by atoms with van der Waals surface area (Å²) >= 11 is 0. The Hall–Kier alpha value is -1.55. The highest BCUT2D eigenvalue weighted by atomic mass is 16.1. The molecule has 1 amide bonds. The van der Waals surface area contributed by atoms with Gasteiger partial charge in [0.2, 0.25) is 5.91 Å². The fraction of sp³-hybridized carbons (Fsp3) is 0.562. The highest BCUT2D eigenvalue weighted by Gasteiger charge is 2.16. The number of para-hydroxylation sites is 2. The van der Waals surface area contributed by atoms with Gasteiger partial charge in [0.05, 0.1) is 11.4 Å². The van der Waals surface area contributed by atoms with Crippen LogP contribution in [0.15, 0.2) is 24.3 Å². The van der Waals surface area contributed by atoms with Gasteiger partial charge < -0.3 is 16.0 Å². The first-order chi connectivity index (χ1) is 9.70. The number of anilines is 2. The van der Waals surface area contributed by atoms with E-state index in [0.29, 0.717) is 18.9 Å². The maximum atomic E-state index is 12.0. The van der Waals surface area contributed by atoms with E-state index in [2.05, 4.69) is 23.2 Å². The molecule has 0 aliphatic carbocycles. The molecule has 0 radical (unpaired) electrons. The molecule has 0 spiro atoms. The Labute approximate surface area is 121 Å². The maximum Gasteiger partial charge on any atom is 0.224 e. The molecule has 2 rings (SSSR count). The molecule has 4 nitrogen and oxygen atoms in total. The normalized spacial score (nSPS) is 16.2. The molecule has 0 saturated carbocycles. The number of amides is 1. The minimum absolute atomic E-state index is 0.0805. The van der Waals surface area contributed by atoms with Crippen LogP contribution in [-0.4, -0.2) is 25.5 Å². The number of carbonyl (C=O) groups excluding carboxylic acids is 1. The van der Waals surface area contributed by atoms with Crippen LogP contribution in [0.4, 0.5) is 11.4 Å². The molecule has 1 heterocycles. The van der Waals surface area contributed by atoms with Crippen LogP contribution in [0.25, 0.3) is 0 Å². The molecule has 0 bridgehead atoms. The van der Waals surface area contributed by atoms with Crippen molar-refractivity contribution in [3.8, 4) is 0 Å². The molecule has 20 heavy (non-hydrogen) atoms. The van der Waals surface area contributed by atoms with Crippen molar-refractivity contribution in [1.82, 2.24) is 0 Å². The Balaban J connectivity index is 1.96. The number of hydrogen-bond donors (Lipinski definition) is 2. The van der Waals surface area contributed by atoms with Gasteiger partial charge in [-0.15, -0.1) is 0 Å². The summed E-state index contributed by atoms with van der Waals surface area (Å²) in [6.45, 7) is 4.87. The van der Waals surface area contributed by atoms with Gasteiger partial charge in [0.15, 0.2) is 0 Å². The van der Waals surface area contributed by atoms with Crippen LogP contribution in [0.5, 0.6) is 0 Å². The van der Waals surface area contributed by atoms with Crippen LogP contribution in [0, 0.1) is 5.92 Å². The van der Waals surface area contributed by atoms with Crippen molar-refractivity contribution in [2.45, 2.75) is 32.6 Å². The zero-order chi connectivity index (χ0) is 14.4. The highest BCUT2D eigenvalue weighted by molar-refractivity contribution is 5.94. The highest BCUT2D eigenvalue weighted by Crippen LogP contribution is 2.28. The monoisotopic (exact) mass is 275 g/mol. The van der Waals surface area contributed by atoms with Crippen LogP contribution in [0.1, 0.15) is 32.6 Å². The molecule has 110 valence electrons. The van der Waals surface area contributed by atoms with Crippen molar-refractivity contribution in [3.63, 3.8) is 0 Å². The van der Waals surface area contributed by atoms with E-state index in [1.165, 1.54) is 12.8 Å². The second-order valence-electron chi connectivity index (χ2n) is 5.64. The lowest BCUT2D eigenvalue weighted by Crippen LogP contribution is -2.21. The summed E-state index contributed by atoms with van der Waals surface area (Å²) in [6, 6.07) is 8.07. The second-order valence-corrected chi connectivity index (χ2v) is 5.64. The molecule has 1 aliphatic heterocycles.